The lowest BCUT2D eigenvalue weighted by atomic mass is 9.57. The molecule has 5 atom stereocenters. The fourth-order valence-electron chi connectivity index (χ4n) is 9.35. The van der Waals surface area contributed by atoms with Crippen LogP contribution in [0.4, 0.5) is 0 Å². The van der Waals surface area contributed by atoms with E-state index in [1.54, 1.807) is 5.57 Å². The predicted molar refractivity (Wildman–Crippen MR) is 148 cm³/mol. The third-order valence-electron chi connectivity index (χ3n) is 11.1. The number of rotatable bonds is 3. The van der Waals surface area contributed by atoms with E-state index < -0.39 is 0 Å². The van der Waals surface area contributed by atoms with E-state index in [9.17, 15) is 4.79 Å². The fraction of sp³-hybridized carbons (Fsp3) is 0.618. The minimum Gasteiger partial charge on any atom is -0.348 e. The second-order valence-corrected chi connectivity index (χ2v) is 12.9. The van der Waals surface area contributed by atoms with E-state index >= 15 is 0 Å². The van der Waals surface area contributed by atoms with Crippen LogP contribution in [0.5, 0.6) is 0 Å². The van der Waals surface area contributed by atoms with Gasteiger partial charge in [-0.05, 0) is 85.6 Å². The van der Waals surface area contributed by atoms with E-state index in [2.05, 4.69) is 41.0 Å². The van der Waals surface area contributed by atoms with Crippen LogP contribution in [-0.4, -0.2) is 54.0 Å². The Kier molecular flexibility index (Phi) is 5.59. The molecular weight excluding hydrogens is 486 g/mol. The molecule has 1 aromatic carbocycles. The van der Waals surface area contributed by atoms with Gasteiger partial charge in [-0.2, -0.15) is 0 Å². The first-order chi connectivity index (χ1) is 19.0. The lowest BCUT2D eigenvalue weighted by molar-refractivity contribution is -0.185. The predicted octanol–water partition coefficient (Wildman–Crippen LogP) is 5.45. The molecule has 2 spiro atoms. The van der Waals surface area contributed by atoms with Crippen molar-refractivity contribution >= 4 is 5.78 Å². The lowest BCUT2D eigenvalue weighted by Crippen LogP contribution is -2.44. The maximum atomic E-state index is 12.3. The lowest BCUT2D eigenvalue weighted by Gasteiger charge is -2.46. The summed E-state index contributed by atoms with van der Waals surface area (Å²) in [4.78, 5) is 14.8. The summed E-state index contributed by atoms with van der Waals surface area (Å²) in [6.45, 7) is 6.41. The Hall–Kier alpha value is -2.23. The average Bonchev–Trinajstić information content (AvgIpc) is 3.21. The zero-order chi connectivity index (χ0) is 26.2. The van der Waals surface area contributed by atoms with Crippen molar-refractivity contribution in [1.29, 1.82) is 0 Å². The second kappa shape index (κ2) is 8.88. The quantitative estimate of drug-likeness (QED) is 0.388. The molecule has 0 amide bonds. The summed E-state index contributed by atoms with van der Waals surface area (Å²) in [7, 11) is 0. The number of piperidine rings is 1. The first-order valence-electron chi connectivity index (χ1n) is 15.2. The van der Waals surface area contributed by atoms with E-state index in [1.165, 1.54) is 28.7 Å². The molecule has 4 aliphatic carbocycles. The van der Waals surface area contributed by atoms with Crippen LogP contribution in [0.3, 0.4) is 0 Å². The van der Waals surface area contributed by atoms with Gasteiger partial charge in [0.15, 0.2) is 17.2 Å². The van der Waals surface area contributed by atoms with Crippen molar-refractivity contribution in [3.05, 3.63) is 58.2 Å². The topological polar surface area (TPSA) is 51.3 Å². The number of epoxide rings is 1. The van der Waals surface area contributed by atoms with E-state index in [1.807, 2.05) is 13.0 Å². The third kappa shape index (κ3) is 3.72. The van der Waals surface area contributed by atoms with Crippen LogP contribution >= 0.6 is 0 Å². The molecule has 39 heavy (non-hydrogen) atoms. The van der Waals surface area contributed by atoms with Crippen molar-refractivity contribution in [2.24, 2.45) is 11.8 Å². The third-order valence-corrected chi connectivity index (χ3v) is 11.1. The number of carbonyl (C=O) groups excluding carboxylic acids is 1. The number of carbonyl (C=O) groups is 1. The minimum atomic E-state index is -0.316. The van der Waals surface area contributed by atoms with Gasteiger partial charge in [-0.15, -0.1) is 5.92 Å². The fourth-order valence-corrected chi connectivity index (χ4v) is 9.35. The Morgan fingerprint density at radius 3 is 2.56 bits per heavy atom. The van der Waals surface area contributed by atoms with Crippen molar-refractivity contribution in [2.45, 2.75) is 94.2 Å². The number of allylic oxidation sites excluding steroid dienone is 4. The Morgan fingerprint density at radius 2 is 1.79 bits per heavy atom. The molecular formula is C34H39NO4. The molecule has 0 N–H and O–H groups in total. The summed E-state index contributed by atoms with van der Waals surface area (Å²) in [5.74, 6) is 8.17. The van der Waals surface area contributed by atoms with Crippen LogP contribution in [0.15, 0.2) is 47.1 Å². The van der Waals surface area contributed by atoms with Gasteiger partial charge < -0.3 is 14.2 Å². The molecule has 3 heterocycles. The highest BCUT2D eigenvalue weighted by molar-refractivity contribution is 5.93. The molecule has 5 nitrogen and oxygen atoms in total. The highest BCUT2D eigenvalue weighted by Crippen LogP contribution is 2.73. The van der Waals surface area contributed by atoms with Crippen LogP contribution in [-0.2, 0) is 25.5 Å². The number of benzene rings is 1. The van der Waals surface area contributed by atoms with Crippen LogP contribution in [0, 0.1) is 23.7 Å². The molecule has 204 valence electrons. The molecule has 0 radical (unpaired) electrons. The highest BCUT2D eigenvalue weighted by Gasteiger charge is 2.79. The number of nitrogens with zero attached hydrogens (tertiary/aromatic N) is 1. The van der Waals surface area contributed by atoms with Crippen molar-refractivity contribution in [1.82, 2.24) is 4.90 Å². The first-order valence-corrected chi connectivity index (χ1v) is 15.2. The molecule has 1 aromatic rings. The number of ketones is 1. The molecule has 1 unspecified atom stereocenters. The maximum Gasteiger partial charge on any atom is 0.170 e. The average molecular weight is 526 g/mol. The van der Waals surface area contributed by atoms with Gasteiger partial charge in [-0.25, -0.2) is 0 Å². The first kappa shape index (κ1) is 24.6. The largest absolute Gasteiger partial charge is 0.348 e. The van der Waals surface area contributed by atoms with Crippen molar-refractivity contribution < 1.29 is 19.0 Å². The normalized spacial score (nSPS) is 38.3. The zero-order valence-electron chi connectivity index (χ0n) is 23.1. The number of hydrogen-bond acceptors (Lipinski definition) is 5. The van der Waals surface area contributed by atoms with Crippen molar-refractivity contribution in [2.75, 3.05) is 26.3 Å². The monoisotopic (exact) mass is 525 g/mol. The summed E-state index contributed by atoms with van der Waals surface area (Å²) in [5.41, 5.74) is 6.92. The summed E-state index contributed by atoms with van der Waals surface area (Å²) in [6.07, 6.45) is 10.9. The number of fused-ring (bicyclic) bond motifs is 3. The van der Waals surface area contributed by atoms with E-state index in [-0.39, 0.29) is 17.0 Å². The standard InChI is InChI=1S/C34H39NO4/c1-2-12-32-13-11-30-28-9-7-25-20-26(36)8-10-27(25)31(28)29(21-34(30,32)39-32)24-5-3-23(4-6-24)22-35-16-14-33(15-17-35)37-18-19-38-33/h3-6,20,28-30H,7-11,13-19,21-22H2,1H3/t28-,29+,30?,32-,34+/m0/s1. The molecule has 8 rings (SSSR count). The van der Waals surface area contributed by atoms with E-state index in [0.717, 1.165) is 77.8 Å². The van der Waals surface area contributed by atoms with Gasteiger partial charge >= 0.3 is 0 Å². The van der Waals surface area contributed by atoms with Gasteiger partial charge in [0.05, 0.1) is 13.2 Å². The Bertz CT molecular complexity index is 1310. The van der Waals surface area contributed by atoms with E-state index in [4.69, 9.17) is 14.2 Å². The summed E-state index contributed by atoms with van der Waals surface area (Å²) < 4.78 is 18.5. The van der Waals surface area contributed by atoms with Gasteiger partial charge in [0.25, 0.3) is 0 Å². The molecule has 7 aliphatic rings. The van der Waals surface area contributed by atoms with Gasteiger partial charge in [-0.1, -0.05) is 35.8 Å². The van der Waals surface area contributed by atoms with E-state index in [0.29, 0.717) is 30.0 Å². The molecule has 3 saturated heterocycles. The summed E-state index contributed by atoms with van der Waals surface area (Å²) >= 11 is 0. The van der Waals surface area contributed by atoms with Crippen LogP contribution in [0.2, 0.25) is 0 Å². The SMILES string of the molecule is CC#C[C@]12CCC3[C@@H]4CCC5=CC(=O)CCC5=C4[C@@H](c4ccc(CN5CCC6(CC5)OCCO6)cc4)C[C@@]31O2. The van der Waals surface area contributed by atoms with Crippen molar-refractivity contribution in [3.8, 4) is 11.8 Å². The molecule has 5 fully saturated rings. The van der Waals surface area contributed by atoms with Gasteiger partial charge in [0.2, 0.25) is 0 Å². The minimum absolute atomic E-state index is 0.0894. The smallest absolute Gasteiger partial charge is 0.170 e. The molecule has 0 bridgehead atoms. The number of likely N-dealkylation sites (tertiary alicyclic amines) is 1. The Balaban J connectivity index is 1.09. The van der Waals surface area contributed by atoms with Crippen molar-refractivity contribution in [3.63, 3.8) is 0 Å². The van der Waals surface area contributed by atoms with Gasteiger partial charge in [0.1, 0.15) is 5.60 Å². The number of hydrogen-bond donors (Lipinski definition) is 0. The maximum absolute atomic E-state index is 12.3. The zero-order valence-corrected chi connectivity index (χ0v) is 23.1. The van der Waals surface area contributed by atoms with Gasteiger partial charge in [0, 0.05) is 44.8 Å². The summed E-state index contributed by atoms with van der Waals surface area (Å²) in [5, 5.41) is 0. The summed E-state index contributed by atoms with van der Waals surface area (Å²) in [6, 6.07) is 9.45. The molecule has 5 heteroatoms. The molecule has 3 aliphatic heterocycles. The molecule has 0 aromatic heterocycles. The van der Waals surface area contributed by atoms with Crippen LogP contribution < -0.4 is 0 Å². The Morgan fingerprint density at radius 1 is 1.00 bits per heavy atom. The van der Waals surface area contributed by atoms with Gasteiger partial charge in [-0.3, -0.25) is 9.69 Å². The Labute approximate surface area is 231 Å². The highest BCUT2D eigenvalue weighted by atomic mass is 16.7. The van der Waals surface area contributed by atoms with Crippen LogP contribution in [0.1, 0.15) is 81.8 Å². The number of ether oxygens (including phenoxy) is 3. The van der Waals surface area contributed by atoms with Crippen LogP contribution in [0.25, 0.3) is 0 Å². The molecule has 2 saturated carbocycles. The second-order valence-electron chi connectivity index (χ2n) is 12.9.